The molecule has 0 rings (SSSR count). The number of hydrogen-bond donors (Lipinski definition) is 0. The summed E-state index contributed by atoms with van der Waals surface area (Å²) in [5.41, 5.74) is 1.20. The lowest BCUT2D eigenvalue weighted by molar-refractivity contribution is -0.0670. The van der Waals surface area contributed by atoms with Gasteiger partial charge in [-0.1, -0.05) is 5.57 Å². The quantitative estimate of drug-likeness (QED) is 0.426. The minimum atomic E-state index is -0.185. The fraction of sp³-hybridized carbons (Fsp3) is 0.714. The number of ether oxygens (including phenoxy) is 2. The second-order valence-corrected chi connectivity index (χ2v) is 2.08. The number of allylic oxidation sites excluding steroid dienone is 1. The van der Waals surface area contributed by atoms with Crippen LogP contribution < -0.4 is 0 Å². The summed E-state index contributed by atoms with van der Waals surface area (Å²) in [5, 5.41) is 0. The fourth-order valence-electron chi connectivity index (χ4n) is 0.504. The maximum atomic E-state index is 4.91. The van der Waals surface area contributed by atoms with Gasteiger partial charge in [0.2, 0.25) is 0 Å². The van der Waals surface area contributed by atoms with Crippen LogP contribution in [0.3, 0.4) is 0 Å². The van der Waals surface area contributed by atoms with Gasteiger partial charge in [-0.15, -0.1) is 0 Å². The Bertz CT molecular complexity index is 89.1. The zero-order valence-electron chi connectivity index (χ0n) is 6.47. The Morgan fingerprint density at radius 3 is 1.78 bits per heavy atom. The van der Waals surface area contributed by atoms with Gasteiger partial charge >= 0.3 is 0 Å². The normalized spacial score (nSPS) is 9.89. The van der Waals surface area contributed by atoms with Crippen molar-refractivity contribution in [1.29, 1.82) is 0 Å². The van der Waals surface area contributed by atoms with Gasteiger partial charge in [-0.3, -0.25) is 0 Å². The second-order valence-electron chi connectivity index (χ2n) is 2.08. The second kappa shape index (κ2) is 4.53. The molecule has 0 aliphatic carbocycles. The van der Waals surface area contributed by atoms with Gasteiger partial charge in [-0.2, -0.15) is 0 Å². The van der Waals surface area contributed by atoms with Gasteiger partial charge in [-0.05, 0) is 19.9 Å². The molecule has 0 fully saturated rings. The van der Waals surface area contributed by atoms with Gasteiger partial charge in [0.15, 0.2) is 6.29 Å². The first-order chi connectivity index (χ1) is 4.20. The van der Waals surface area contributed by atoms with Crippen molar-refractivity contribution in [2.75, 3.05) is 14.2 Å². The van der Waals surface area contributed by atoms with Gasteiger partial charge in [0, 0.05) is 14.2 Å². The van der Waals surface area contributed by atoms with Crippen LogP contribution in [0.15, 0.2) is 11.6 Å². The summed E-state index contributed by atoms with van der Waals surface area (Å²) in [7, 11) is 3.24. The van der Waals surface area contributed by atoms with E-state index in [-0.39, 0.29) is 6.29 Å². The van der Waals surface area contributed by atoms with Crippen molar-refractivity contribution in [3.8, 4) is 0 Å². The summed E-state index contributed by atoms with van der Waals surface area (Å²) in [4.78, 5) is 0. The Kier molecular flexibility index (Phi) is 4.36. The van der Waals surface area contributed by atoms with Crippen LogP contribution in [0.25, 0.3) is 0 Å². The molecule has 54 valence electrons. The molecule has 0 unspecified atom stereocenters. The zero-order chi connectivity index (χ0) is 7.28. The van der Waals surface area contributed by atoms with Crippen LogP contribution in [0.4, 0.5) is 0 Å². The first-order valence-corrected chi connectivity index (χ1v) is 2.91. The van der Waals surface area contributed by atoms with Gasteiger partial charge in [-0.25, -0.2) is 0 Å². The highest BCUT2D eigenvalue weighted by Crippen LogP contribution is 1.97. The molecule has 0 aromatic heterocycles. The average molecular weight is 130 g/mol. The molecule has 0 aromatic rings. The lowest BCUT2D eigenvalue weighted by Gasteiger charge is -2.07. The topological polar surface area (TPSA) is 18.5 Å². The molecule has 0 atom stereocenters. The molecule has 2 nitrogen and oxygen atoms in total. The standard InChI is InChI=1S/C7H14O2/c1-6(2)5-7(8-3)9-4/h5,7H,1-4H3. The van der Waals surface area contributed by atoms with Crippen LogP contribution in [0, 0.1) is 0 Å². The molecule has 0 heterocycles. The molecule has 0 bridgehead atoms. The molecule has 0 spiro atoms. The molecule has 0 N–H and O–H groups in total. The monoisotopic (exact) mass is 130 g/mol. The highest BCUT2D eigenvalue weighted by atomic mass is 16.7. The van der Waals surface area contributed by atoms with E-state index in [9.17, 15) is 0 Å². The first-order valence-electron chi connectivity index (χ1n) is 2.91. The van der Waals surface area contributed by atoms with Gasteiger partial charge in [0.05, 0.1) is 0 Å². The van der Waals surface area contributed by atoms with E-state index in [4.69, 9.17) is 9.47 Å². The fourth-order valence-corrected chi connectivity index (χ4v) is 0.504. The van der Waals surface area contributed by atoms with Crippen molar-refractivity contribution in [2.24, 2.45) is 0 Å². The van der Waals surface area contributed by atoms with Crippen LogP contribution in [0.1, 0.15) is 13.8 Å². The summed E-state index contributed by atoms with van der Waals surface area (Å²) in [5.74, 6) is 0. The van der Waals surface area contributed by atoms with E-state index < -0.39 is 0 Å². The highest BCUT2D eigenvalue weighted by Gasteiger charge is 1.96. The summed E-state index contributed by atoms with van der Waals surface area (Å²) in [6.45, 7) is 4.01. The highest BCUT2D eigenvalue weighted by molar-refractivity contribution is 4.95. The molecular weight excluding hydrogens is 116 g/mol. The van der Waals surface area contributed by atoms with E-state index in [1.807, 2.05) is 19.9 Å². The lowest BCUT2D eigenvalue weighted by atomic mass is 10.3. The van der Waals surface area contributed by atoms with Crippen LogP contribution in [-0.4, -0.2) is 20.5 Å². The van der Waals surface area contributed by atoms with Crippen LogP contribution in [0.2, 0.25) is 0 Å². The Morgan fingerprint density at radius 1 is 1.22 bits per heavy atom. The molecule has 2 heteroatoms. The SMILES string of the molecule is COC(C=C(C)C)OC. The lowest BCUT2D eigenvalue weighted by Crippen LogP contribution is -2.08. The average Bonchev–Trinajstić information content (AvgIpc) is 1.82. The maximum absolute atomic E-state index is 4.91. The minimum Gasteiger partial charge on any atom is -0.352 e. The molecule has 0 saturated carbocycles. The first kappa shape index (κ1) is 8.66. The van der Waals surface area contributed by atoms with Crippen molar-refractivity contribution in [3.05, 3.63) is 11.6 Å². The molecule has 0 amide bonds. The molecule has 0 saturated heterocycles. The van der Waals surface area contributed by atoms with Gasteiger partial charge in [0.25, 0.3) is 0 Å². The predicted octanol–water partition coefficient (Wildman–Crippen LogP) is 1.57. The number of rotatable bonds is 3. The van der Waals surface area contributed by atoms with E-state index in [1.165, 1.54) is 5.57 Å². The van der Waals surface area contributed by atoms with E-state index in [0.29, 0.717) is 0 Å². The Hall–Kier alpha value is -0.340. The Morgan fingerprint density at radius 2 is 1.67 bits per heavy atom. The van der Waals surface area contributed by atoms with Gasteiger partial charge in [0.1, 0.15) is 0 Å². The van der Waals surface area contributed by atoms with Crippen LogP contribution in [0.5, 0.6) is 0 Å². The third-order valence-electron chi connectivity index (χ3n) is 0.934. The predicted molar refractivity (Wildman–Crippen MR) is 37.2 cm³/mol. The molecule has 0 aromatic carbocycles. The summed E-state index contributed by atoms with van der Waals surface area (Å²) in [6, 6.07) is 0. The van der Waals surface area contributed by atoms with Crippen molar-refractivity contribution in [1.82, 2.24) is 0 Å². The molecular formula is C7H14O2. The number of hydrogen-bond acceptors (Lipinski definition) is 2. The van der Waals surface area contributed by atoms with E-state index in [2.05, 4.69) is 0 Å². The summed E-state index contributed by atoms with van der Waals surface area (Å²) in [6.07, 6.45) is 1.73. The Balaban J connectivity index is 3.68. The third kappa shape index (κ3) is 4.18. The smallest absolute Gasteiger partial charge is 0.176 e. The van der Waals surface area contributed by atoms with E-state index in [0.717, 1.165) is 0 Å². The number of methoxy groups -OCH3 is 2. The molecule has 0 aliphatic heterocycles. The third-order valence-corrected chi connectivity index (χ3v) is 0.934. The van der Waals surface area contributed by atoms with E-state index in [1.54, 1.807) is 14.2 Å². The molecule has 0 radical (unpaired) electrons. The van der Waals surface area contributed by atoms with Crippen molar-refractivity contribution in [3.63, 3.8) is 0 Å². The minimum absolute atomic E-state index is 0.185. The maximum Gasteiger partial charge on any atom is 0.176 e. The van der Waals surface area contributed by atoms with Crippen molar-refractivity contribution >= 4 is 0 Å². The molecule has 9 heavy (non-hydrogen) atoms. The summed E-state index contributed by atoms with van der Waals surface area (Å²) < 4.78 is 9.82. The van der Waals surface area contributed by atoms with Crippen LogP contribution >= 0.6 is 0 Å². The summed E-state index contributed by atoms with van der Waals surface area (Å²) >= 11 is 0. The van der Waals surface area contributed by atoms with Crippen LogP contribution in [-0.2, 0) is 9.47 Å². The largest absolute Gasteiger partial charge is 0.352 e. The Labute approximate surface area is 56.5 Å². The van der Waals surface area contributed by atoms with Crippen molar-refractivity contribution < 1.29 is 9.47 Å². The zero-order valence-corrected chi connectivity index (χ0v) is 6.47. The molecule has 0 aliphatic rings. The van der Waals surface area contributed by atoms with Gasteiger partial charge < -0.3 is 9.47 Å². The van der Waals surface area contributed by atoms with Crippen molar-refractivity contribution in [2.45, 2.75) is 20.1 Å². The van der Waals surface area contributed by atoms with E-state index >= 15 is 0 Å².